The van der Waals surface area contributed by atoms with E-state index in [2.05, 4.69) is 5.32 Å². The van der Waals surface area contributed by atoms with Crippen LogP contribution in [0.5, 0.6) is 0 Å². The van der Waals surface area contributed by atoms with Crippen LogP contribution in [0.1, 0.15) is 31.7 Å². The number of anilines is 1. The van der Waals surface area contributed by atoms with Gasteiger partial charge in [0.05, 0.1) is 19.3 Å². The molecule has 1 aromatic rings. The van der Waals surface area contributed by atoms with Gasteiger partial charge < -0.3 is 14.8 Å². The van der Waals surface area contributed by atoms with Crippen molar-refractivity contribution in [2.75, 3.05) is 38.7 Å². The molecule has 1 aliphatic rings. The number of esters is 1. The Morgan fingerprint density at radius 1 is 1.31 bits per heavy atom. The highest BCUT2D eigenvalue weighted by atomic mass is 16.5. The van der Waals surface area contributed by atoms with Gasteiger partial charge in [-0.25, -0.2) is 4.79 Å². The van der Waals surface area contributed by atoms with E-state index in [0.29, 0.717) is 13.2 Å². The third kappa shape index (κ3) is 7.37. The van der Waals surface area contributed by atoms with Gasteiger partial charge in [0.15, 0.2) is 0 Å². The van der Waals surface area contributed by atoms with Crippen LogP contribution >= 0.6 is 0 Å². The first-order chi connectivity index (χ1) is 12.6. The molecule has 1 heterocycles. The fourth-order valence-electron chi connectivity index (χ4n) is 2.84. The zero-order chi connectivity index (χ0) is 18.8. The largest absolute Gasteiger partial charge is 0.463 e. The minimum Gasteiger partial charge on any atom is -0.463 e. The molecular formula is C20H28N2O4. The summed E-state index contributed by atoms with van der Waals surface area (Å²) in [7, 11) is 1.93. The summed E-state index contributed by atoms with van der Waals surface area (Å²) >= 11 is 0. The van der Waals surface area contributed by atoms with Crippen molar-refractivity contribution in [3.63, 3.8) is 0 Å². The molecule has 0 aliphatic carbocycles. The van der Waals surface area contributed by atoms with Gasteiger partial charge in [-0.3, -0.25) is 9.69 Å². The Morgan fingerprint density at radius 3 is 2.73 bits per heavy atom. The monoisotopic (exact) mass is 360 g/mol. The molecule has 1 saturated heterocycles. The number of hydrogen-bond acceptors (Lipinski definition) is 5. The standard InChI is InChI=1S/C20H28N2O4/c1-3-25-20(24)12-9-16-7-10-17(11-8-16)21-19(23)15-22(2)14-18-6-4-5-13-26-18/h7-12,18H,3-6,13-15H2,1-2H3,(H,21,23)/b12-9+. The van der Waals surface area contributed by atoms with Crippen molar-refractivity contribution in [3.8, 4) is 0 Å². The molecule has 0 aromatic heterocycles. The van der Waals surface area contributed by atoms with E-state index >= 15 is 0 Å². The lowest BCUT2D eigenvalue weighted by Gasteiger charge is -2.27. The Labute approximate surface area is 155 Å². The molecule has 0 bridgehead atoms. The fourth-order valence-corrected chi connectivity index (χ4v) is 2.84. The van der Waals surface area contributed by atoms with E-state index in [9.17, 15) is 9.59 Å². The summed E-state index contributed by atoms with van der Waals surface area (Å²) in [5.41, 5.74) is 1.59. The number of carbonyl (C=O) groups is 2. The number of carbonyl (C=O) groups excluding carboxylic acids is 2. The van der Waals surface area contributed by atoms with E-state index in [1.807, 2.05) is 36.2 Å². The van der Waals surface area contributed by atoms with Gasteiger partial charge in [0.2, 0.25) is 5.91 Å². The molecule has 1 aliphatic heterocycles. The molecule has 26 heavy (non-hydrogen) atoms. The van der Waals surface area contributed by atoms with E-state index in [1.54, 1.807) is 13.0 Å². The van der Waals surface area contributed by atoms with Crippen molar-refractivity contribution in [2.24, 2.45) is 0 Å². The van der Waals surface area contributed by atoms with Crippen LogP contribution in [0.15, 0.2) is 30.3 Å². The molecule has 0 saturated carbocycles. The molecule has 1 aromatic carbocycles. The van der Waals surface area contributed by atoms with Crippen LogP contribution < -0.4 is 5.32 Å². The molecule has 1 amide bonds. The van der Waals surface area contributed by atoms with E-state index in [4.69, 9.17) is 9.47 Å². The summed E-state index contributed by atoms with van der Waals surface area (Å²) < 4.78 is 10.5. The van der Waals surface area contributed by atoms with Gasteiger partial charge in [-0.2, -0.15) is 0 Å². The maximum atomic E-state index is 12.2. The number of amides is 1. The third-order valence-electron chi connectivity index (χ3n) is 4.10. The van der Waals surface area contributed by atoms with Gasteiger partial charge in [-0.15, -0.1) is 0 Å². The van der Waals surface area contributed by atoms with Gasteiger partial charge in [0, 0.05) is 24.9 Å². The maximum Gasteiger partial charge on any atom is 0.330 e. The molecule has 0 spiro atoms. The summed E-state index contributed by atoms with van der Waals surface area (Å²) in [5.74, 6) is -0.423. The third-order valence-corrected chi connectivity index (χ3v) is 4.10. The SMILES string of the molecule is CCOC(=O)/C=C/c1ccc(NC(=O)CN(C)CC2CCCCO2)cc1. The molecule has 0 radical (unpaired) electrons. The number of hydrogen-bond donors (Lipinski definition) is 1. The molecule has 1 atom stereocenters. The van der Waals surface area contributed by atoms with Gasteiger partial charge >= 0.3 is 5.97 Å². The topological polar surface area (TPSA) is 67.9 Å². The van der Waals surface area contributed by atoms with Gasteiger partial charge in [-0.1, -0.05) is 12.1 Å². The summed E-state index contributed by atoms with van der Waals surface area (Å²) in [4.78, 5) is 25.5. The fraction of sp³-hybridized carbons (Fsp3) is 0.500. The smallest absolute Gasteiger partial charge is 0.330 e. The molecular weight excluding hydrogens is 332 g/mol. The zero-order valence-corrected chi connectivity index (χ0v) is 15.6. The summed E-state index contributed by atoms with van der Waals surface area (Å²) in [6.45, 7) is 4.04. The van der Waals surface area contributed by atoms with Crippen LogP contribution in [0.3, 0.4) is 0 Å². The Morgan fingerprint density at radius 2 is 2.08 bits per heavy atom. The van der Waals surface area contributed by atoms with Crippen molar-refractivity contribution in [1.29, 1.82) is 0 Å². The lowest BCUT2D eigenvalue weighted by atomic mass is 10.1. The predicted octanol–water partition coefficient (Wildman–Crippen LogP) is 2.70. The minimum absolute atomic E-state index is 0.0573. The van der Waals surface area contributed by atoms with Crippen LogP contribution in [-0.2, 0) is 19.1 Å². The number of likely N-dealkylation sites (N-methyl/N-ethyl adjacent to an activating group) is 1. The lowest BCUT2D eigenvalue weighted by Crippen LogP contribution is -2.37. The highest BCUT2D eigenvalue weighted by Crippen LogP contribution is 2.14. The van der Waals surface area contributed by atoms with Crippen molar-refractivity contribution < 1.29 is 19.1 Å². The Hall–Kier alpha value is -2.18. The summed E-state index contributed by atoms with van der Waals surface area (Å²) in [5, 5.41) is 2.89. The van der Waals surface area contributed by atoms with Crippen LogP contribution in [0, 0.1) is 0 Å². The van der Waals surface area contributed by atoms with Crippen LogP contribution in [0.2, 0.25) is 0 Å². The van der Waals surface area contributed by atoms with Crippen molar-refractivity contribution in [1.82, 2.24) is 4.90 Å². The minimum atomic E-state index is -0.366. The van der Waals surface area contributed by atoms with Crippen molar-refractivity contribution in [2.45, 2.75) is 32.3 Å². The predicted molar refractivity (Wildman–Crippen MR) is 102 cm³/mol. The normalized spacial score (nSPS) is 17.4. The van der Waals surface area contributed by atoms with Gasteiger partial charge in [0.25, 0.3) is 0 Å². The highest BCUT2D eigenvalue weighted by Gasteiger charge is 2.17. The first-order valence-corrected chi connectivity index (χ1v) is 9.11. The second-order valence-corrected chi connectivity index (χ2v) is 6.44. The molecule has 1 fully saturated rings. The van der Waals surface area contributed by atoms with Gasteiger partial charge in [0.1, 0.15) is 0 Å². The molecule has 6 heteroatoms. The first kappa shape index (κ1) is 20.1. The Balaban J connectivity index is 1.76. The Bertz CT molecular complexity index is 607. The Kier molecular flexibility index (Phi) is 8.31. The van der Waals surface area contributed by atoms with Crippen molar-refractivity contribution in [3.05, 3.63) is 35.9 Å². The second kappa shape index (κ2) is 10.7. The lowest BCUT2D eigenvalue weighted by molar-refractivity contribution is -0.137. The van der Waals surface area contributed by atoms with Crippen LogP contribution in [0.4, 0.5) is 5.69 Å². The molecule has 6 nitrogen and oxygen atoms in total. The zero-order valence-electron chi connectivity index (χ0n) is 15.6. The number of ether oxygens (including phenoxy) is 2. The second-order valence-electron chi connectivity index (χ2n) is 6.44. The first-order valence-electron chi connectivity index (χ1n) is 9.11. The summed E-state index contributed by atoms with van der Waals surface area (Å²) in [6.07, 6.45) is 6.69. The van der Waals surface area contributed by atoms with Gasteiger partial charge in [-0.05, 0) is 57.0 Å². The number of benzene rings is 1. The van der Waals surface area contributed by atoms with E-state index in [0.717, 1.165) is 37.2 Å². The summed E-state index contributed by atoms with van der Waals surface area (Å²) in [6, 6.07) is 7.30. The molecule has 1 unspecified atom stereocenters. The highest BCUT2D eigenvalue weighted by molar-refractivity contribution is 5.92. The van der Waals surface area contributed by atoms with Crippen molar-refractivity contribution >= 4 is 23.6 Å². The quantitative estimate of drug-likeness (QED) is 0.570. The van der Waals surface area contributed by atoms with E-state index in [1.165, 1.54) is 12.5 Å². The number of rotatable bonds is 8. The van der Waals surface area contributed by atoms with Crippen LogP contribution in [0.25, 0.3) is 6.08 Å². The number of nitrogens with one attached hydrogen (secondary N) is 1. The number of nitrogens with zero attached hydrogens (tertiary/aromatic N) is 1. The molecule has 142 valence electrons. The van der Waals surface area contributed by atoms with E-state index in [-0.39, 0.29) is 18.0 Å². The van der Waals surface area contributed by atoms with Crippen LogP contribution in [-0.4, -0.2) is 56.2 Å². The average Bonchev–Trinajstić information content (AvgIpc) is 2.62. The molecule has 1 N–H and O–H groups in total. The molecule has 2 rings (SSSR count). The average molecular weight is 360 g/mol. The maximum absolute atomic E-state index is 12.2. The van der Waals surface area contributed by atoms with E-state index < -0.39 is 0 Å².